The SMILES string of the molecule is CNc1cc(Nc2cccn([C@H]3C[C@H](F)C3)c2=O)nc2c(C(=O)N[C@@H]3CC[C@@H]3O)cnn12. The molecule has 2 saturated carbocycles. The topological polar surface area (TPSA) is 126 Å². The maximum Gasteiger partial charge on any atom is 0.274 e. The average molecular weight is 441 g/mol. The van der Waals surface area contributed by atoms with Gasteiger partial charge >= 0.3 is 0 Å². The predicted molar refractivity (Wildman–Crippen MR) is 116 cm³/mol. The van der Waals surface area contributed by atoms with Gasteiger partial charge in [-0.3, -0.25) is 9.59 Å². The summed E-state index contributed by atoms with van der Waals surface area (Å²) in [5.41, 5.74) is 0.610. The highest BCUT2D eigenvalue weighted by Crippen LogP contribution is 2.33. The number of hydrogen-bond acceptors (Lipinski definition) is 7. The van der Waals surface area contributed by atoms with E-state index in [1.54, 1.807) is 31.4 Å². The number of nitrogens with one attached hydrogen (secondary N) is 3. The number of carbonyl (C=O) groups is 1. The van der Waals surface area contributed by atoms with E-state index in [2.05, 4.69) is 26.0 Å². The van der Waals surface area contributed by atoms with Gasteiger partial charge in [0.1, 0.15) is 29.1 Å². The Kier molecular flexibility index (Phi) is 5.04. The number of rotatable bonds is 6. The Morgan fingerprint density at radius 3 is 2.78 bits per heavy atom. The minimum Gasteiger partial charge on any atom is -0.391 e. The normalized spacial score (nSPS) is 24.5. The van der Waals surface area contributed by atoms with E-state index in [4.69, 9.17) is 0 Å². The molecule has 0 saturated heterocycles. The lowest BCUT2D eigenvalue weighted by atomic mass is 9.89. The van der Waals surface area contributed by atoms with Crippen molar-refractivity contribution in [3.05, 3.63) is 46.5 Å². The van der Waals surface area contributed by atoms with Crippen LogP contribution < -0.4 is 21.5 Å². The molecule has 3 aromatic rings. The van der Waals surface area contributed by atoms with Crippen LogP contribution in [0.5, 0.6) is 0 Å². The zero-order chi connectivity index (χ0) is 22.4. The molecule has 0 aromatic carbocycles. The monoisotopic (exact) mass is 441 g/mol. The Balaban J connectivity index is 1.46. The summed E-state index contributed by atoms with van der Waals surface area (Å²) in [4.78, 5) is 30.1. The van der Waals surface area contributed by atoms with Crippen LogP contribution in [0.15, 0.2) is 35.4 Å². The number of nitrogens with zero attached hydrogens (tertiary/aromatic N) is 4. The number of carbonyl (C=O) groups excluding carboxylic acids is 1. The highest BCUT2D eigenvalue weighted by atomic mass is 19.1. The van der Waals surface area contributed by atoms with Crippen molar-refractivity contribution >= 4 is 28.9 Å². The summed E-state index contributed by atoms with van der Waals surface area (Å²) in [6, 6.07) is 4.62. The van der Waals surface area contributed by atoms with Gasteiger partial charge in [-0.1, -0.05) is 0 Å². The number of anilines is 3. The molecule has 4 N–H and O–H groups in total. The molecule has 32 heavy (non-hydrogen) atoms. The van der Waals surface area contributed by atoms with Crippen LogP contribution in [-0.4, -0.2) is 55.5 Å². The lowest BCUT2D eigenvalue weighted by Gasteiger charge is -2.32. The van der Waals surface area contributed by atoms with E-state index in [-0.39, 0.29) is 29.1 Å². The van der Waals surface area contributed by atoms with Gasteiger partial charge in [0.05, 0.1) is 18.3 Å². The molecule has 2 fully saturated rings. The van der Waals surface area contributed by atoms with Crippen molar-refractivity contribution in [2.75, 3.05) is 17.7 Å². The van der Waals surface area contributed by atoms with Gasteiger partial charge in [-0.05, 0) is 37.8 Å². The minimum absolute atomic E-state index is 0.144. The molecule has 0 unspecified atom stereocenters. The number of halogens is 1. The van der Waals surface area contributed by atoms with E-state index in [0.29, 0.717) is 42.2 Å². The van der Waals surface area contributed by atoms with Gasteiger partial charge in [0.2, 0.25) is 0 Å². The molecule has 0 aliphatic heterocycles. The van der Waals surface area contributed by atoms with Crippen molar-refractivity contribution in [1.82, 2.24) is 24.5 Å². The molecule has 10 nitrogen and oxygen atoms in total. The maximum absolute atomic E-state index is 13.3. The summed E-state index contributed by atoms with van der Waals surface area (Å²) in [5.74, 6) is 0.547. The fourth-order valence-corrected chi connectivity index (χ4v) is 4.04. The summed E-state index contributed by atoms with van der Waals surface area (Å²) in [6.07, 6.45) is 3.74. The molecule has 11 heteroatoms. The Hall–Kier alpha value is -3.47. The highest BCUT2D eigenvalue weighted by molar-refractivity contribution is 6.00. The molecule has 2 aliphatic rings. The fourth-order valence-electron chi connectivity index (χ4n) is 4.04. The van der Waals surface area contributed by atoms with Gasteiger partial charge in [0, 0.05) is 25.4 Å². The number of aromatic nitrogens is 4. The van der Waals surface area contributed by atoms with Gasteiger partial charge < -0.3 is 25.6 Å². The number of hydrogen-bond donors (Lipinski definition) is 4. The van der Waals surface area contributed by atoms with Crippen LogP contribution in [0, 0.1) is 0 Å². The van der Waals surface area contributed by atoms with Crippen LogP contribution >= 0.6 is 0 Å². The highest BCUT2D eigenvalue weighted by Gasteiger charge is 2.32. The molecular weight excluding hydrogens is 417 g/mol. The van der Waals surface area contributed by atoms with Gasteiger partial charge in [-0.2, -0.15) is 9.61 Å². The van der Waals surface area contributed by atoms with Gasteiger partial charge in [0.25, 0.3) is 11.5 Å². The smallest absolute Gasteiger partial charge is 0.274 e. The second kappa shape index (κ2) is 7.90. The standard InChI is InChI=1S/C21H24FN7O3/c1-23-18-9-17(25-15-3-2-6-28(21(15)32)12-7-11(22)8-12)27-19-13(10-24-29(18)19)20(31)26-14-4-5-16(14)30/h2-3,6,9-12,14,16,23,30H,4-5,7-8H2,1H3,(H,25,27)(H,26,31)/t11-,12-,14-,16+/m1/s1. The van der Waals surface area contributed by atoms with E-state index in [0.717, 1.165) is 6.42 Å². The second-order valence-corrected chi connectivity index (χ2v) is 8.28. The molecule has 168 valence electrons. The first kappa shape index (κ1) is 20.4. The molecule has 1 amide bonds. The molecule has 2 aliphatic carbocycles. The van der Waals surface area contributed by atoms with Crippen molar-refractivity contribution in [1.29, 1.82) is 0 Å². The van der Waals surface area contributed by atoms with Crippen molar-refractivity contribution in [3.63, 3.8) is 0 Å². The first-order chi connectivity index (χ1) is 15.4. The van der Waals surface area contributed by atoms with Crippen LogP contribution in [0.4, 0.5) is 21.7 Å². The molecular formula is C21H24FN7O3. The van der Waals surface area contributed by atoms with Gasteiger partial charge in [-0.15, -0.1) is 0 Å². The van der Waals surface area contributed by atoms with Crippen LogP contribution in [0.25, 0.3) is 5.65 Å². The Bertz CT molecular complexity index is 1230. The van der Waals surface area contributed by atoms with Crippen LogP contribution in [-0.2, 0) is 0 Å². The Morgan fingerprint density at radius 2 is 2.12 bits per heavy atom. The van der Waals surface area contributed by atoms with E-state index < -0.39 is 12.3 Å². The number of pyridine rings is 1. The number of alkyl halides is 1. The third-order valence-corrected chi connectivity index (χ3v) is 6.21. The molecule has 3 heterocycles. The lowest BCUT2D eigenvalue weighted by molar-refractivity contribution is 0.0448. The summed E-state index contributed by atoms with van der Waals surface area (Å²) in [7, 11) is 1.71. The molecule has 3 aromatic heterocycles. The third-order valence-electron chi connectivity index (χ3n) is 6.21. The zero-order valence-electron chi connectivity index (χ0n) is 17.5. The van der Waals surface area contributed by atoms with Crippen molar-refractivity contribution < 1.29 is 14.3 Å². The quantitative estimate of drug-likeness (QED) is 0.458. The minimum atomic E-state index is -0.863. The van der Waals surface area contributed by atoms with Gasteiger partial charge in [0.15, 0.2) is 5.65 Å². The number of aliphatic hydroxyl groups excluding tert-OH is 1. The van der Waals surface area contributed by atoms with Crippen LogP contribution in [0.1, 0.15) is 42.1 Å². The molecule has 5 rings (SSSR count). The number of fused-ring (bicyclic) bond motifs is 1. The Labute approximate surface area is 182 Å². The summed E-state index contributed by atoms with van der Waals surface area (Å²) in [5, 5.41) is 22.9. The van der Waals surface area contributed by atoms with E-state index in [1.165, 1.54) is 15.3 Å². The maximum atomic E-state index is 13.3. The first-order valence-corrected chi connectivity index (χ1v) is 10.6. The van der Waals surface area contributed by atoms with E-state index >= 15 is 0 Å². The molecule has 2 atom stereocenters. The number of aliphatic hydroxyl groups is 1. The molecule has 0 spiro atoms. The average Bonchev–Trinajstić information content (AvgIpc) is 3.19. The number of amides is 1. The van der Waals surface area contributed by atoms with E-state index in [1.807, 2.05) is 0 Å². The van der Waals surface area contributed by atoms with Crippen molar-refractivity contribution in [2.45, 2.75) is 50.0 Å². The summed E-state index contributed by atoms with van der Waals surface area (Å²) >= 11 is 0. The van der Waals surface area contributed by atoms with Crippen molar-refractivity contribution in [2.24, 2.45) is 0 Å². The predicted octanol–water partition coefficient (Wildman–Crippen LogP) is 1.60. The van der Waals surface area contributed by atoms with Crippen molar-refractivity contribution in [3.8, 4) is 0 Å². The molecule has 0 bridgehead atoms. The zero-order valence-corrected chi connectivity index (χ0v) is 17.5. The van der Waals surface area contributed by atoms with Crippen LogP contribution in [0.2, 0.25) is 0 Å². The largest absolute Gasteiger partial charge is 0.391 e. The fraction of sp³-hybridized carbons (Fsp3) is 0.429. The Morgan fingerprint density at radius 1 is 1.31 bits per heavy atom. The second-order valence-electron chi connectivity index (χ2n) is 8.28. The van der Waals surface area contributed by atoms with Gasteiger partial charge in [-0.25, -0.2) is 9.37 Å². The third kappa shape index (κ3) is 3.48. The lowest BCUT2D eigenvalue weighted by Crippen LogP contribution is -2.50. The summed E-state index contributed by atoms with van der Waals surface area (Å²) < 4.78 is 16.3. The first-order valence-electron chi connectivity index (χ1n) is 10.6. The van der Waals surface area contributed by atoms with Crippen LogP contribution in [0.3, 0.4) is 0 Å². The van der Waals surface area contributed by atoms with E-state index in [9.17, 15) is 19.1 Å². The molecule has 0 radical (unpaired) electrons. The summed E-state index contributed by atoms with van der Waals surface area (Å²) in [6.45, 7) is 0.